The second kappa shape index (κ2) is 5.83. The second-order valence-corrected chi connectivity index (χ2v) is 4.91. The zero-order chi connectivity index (χ0) is 14.7. The molecule has 1 aromatic carbocycles. The average Bonchev–Trinajstić information content (AvgIpc) is 2.47. The van der Waals surface area contributed by atoms with Crippen molar-refractivity contribution in [3.05, 3.63) is 30.1 Å². The van der Waals surface area contributed by atoms with Crippen molar-refractivity contribution in [3.63, 3.8) is 0 Å². The first-order chi connectivity index (χ1) is 9.54. The zero-order valence-electron chi connectivity index (χ0n) is 11.2. The maximum atomic E-state index is 12.9. The van der Waals surface area contributed by atoms with E-state index in [1.165, 1.54) is 36.1 Å². The van der Waals surface area contributed by atoms with E-state index in [0.29, 0.717) is 25.1 Å². The molecule has 1 amide bonds. The van der Waals surface area contributed by atoms with Crippen LogP contribution in [0, 0.1) is 29.0 Å². The normalized spacial score (nSPS) is 20.4. The molecule has 2 rings (SSSR count). The number of nitrogens with zero attached hydrogens (tertiary/aromatic N) is 2. The van der Waals surface area contributed by atoms with Crippen LogP contribution in [0.4, 0.5) is 10.1 Å². The van der Waals surface area contributed by atoms with Crippen LogP contribution in [0.25, 0.3) is 0 Å². The number of hydrogen-bond donors (Lipinski definition) is 0. The fourth-order valence-electron chi connectivity index (χ4n) is 2.38. The van der Waals surface area contributed by atoms with Gasteiger partial charge in [0.1, 0.15) is 11.7 Å². The van der Waals surface area contributed by atoms with Crippen LogP contribution in [0.2, 0.25) is 0 Å². The van der Waals surface area contributed by atoms with Gasteiger partial charge in [-0.05, 0) is 44.0 Å². The number of rotatable bonds is 3. The van der Waals surface area contributed by atoms with Crippen molar-refractivity contribution in [1.29, 1.82) is 5.26 Å². The summed E-state index contributed by atoms with van der Waals surface area (Å²) in [5.41, 5.74) is 0.582. The van der Waals surface area contributed by atoms with Crippen LogP contribution in [0.3, 0.4) is 0 Å². The summed E-state index contributed by atoms with van der Waals surface area (Å²) in [5, 5.41) is 8.80. The number of benzene rings is 1. The highest BCUT2D eigenvalue weighted by atomic mass is 19.1. The Hall–Kier alpha value is -2.22. The number of amides is 1. The Labute approximate surface area is 116 Å². The number of piperidine rings is 1. The Morgan fingerprint density at radius 1 is 1.45 bits per heavy atom. The lowest BCUT2D eigenvalue weighted by Gasteiger charge is -2.32. The monoisotopic (exact) mass is 274 g/mol. The van der Waals surface area contributed by atoms with Gasteiger partial charge in [0.05, 0.1) is 12.0 Å². The van der Waals surface area contributed by atoms with Crippen molar-refractivity contribution < 1.29 is 14.0 Å². The highest BCUT2D eigenvalue weighted by Crippen LogP contribution is 2.26. The number of hydrogen-bond acceptors (Lipinski definition) is 3. The molecule has 1 saturated heterocycles. The smallest absolute Gasteiger partial charge is 0.237 e. The molecule has 0 spiro atoms. The number of carbonyl (C=O) groups excluding carboxylic acids is 2. The van der Waals surface area contributed by atoms with Crippen LogP contribution in [-0.2, 0) is 9.59 Å². The Morgan fingerprint density at radius 3 is 2.70 bits per heavy atom. The summed E-state index contributed by atoms with van der Waals surface area (Å²) in [7, 11) is 0. The van der Waals surface area contributed by atoms with E-state index in [1.807, 2.05) is 6.07 Å². The standard InChI is InChI=1S/C15H15FN2O2/c1-10(9-17)14(19)13-3-2-8-18(15(13)20)12-6-4-11(16)5-7-12/h4-7,10,13H,2-3,8H2,1H3/t10-,13-/m1/s1. The highest BCUT2D eigenvalue weighted by molar-refractivity contribution is 6.10. The molecule has 1 fully saturated rings. The number of carbonyl (C=O) groups is 2. The molecule has 1 heterocycles. The Morgan fingerprint density at radius 2 is 2.10 bits per heavy atom. The minimum absolute atomic E-state index is 0.296. The molecule has 0 aromatic heterocycles. The molecule has 4 nitrogen and oxygen atoms in total. The van der Waals surface area contributed by atoms with Crippen molar-refractivity contribution in [2.45, 2.75) is 19.8 Å². The van der Waals surface area contributed by atoms with Crippen LogP contribution in [0.15, 0.2) is 24.3 Å². The Bertz CT molecular complexity index is 562. The molecule has 0 saturated carbocycles. The molecule has 0 N–H and O–H groups in total. The van der Waals surface area contributed by atoms with Gasteiger partial charge in [-0.3, -0.25) is 9.59 Å². The molecule has 20 heavy (non-hydrogen) atoms. The fourth-order valence-corrected chi connectivity index (χ4v) is 2.38. The fraction of sp³-hybridized carbons (Fsp3) is 0.400. The van der Waals surface area contributed by atoms with E-state index in [9.17, 15) is 14.0 Å². The van der Waals surface area contributed by atoms with Crippen molar-refractivity contribution in [2.75, 3.05) is 11.4 Å². The van der Waals surface area contributed by atoms with Crippen molar-refractivity contribution in [2.24, 2.45) is 11.8 Å². The lowest BCUT2D eigenvalue weighted by molar-refractivity contribution is -0.135. The molecule has 0 unspecified atom stereocenters. The number of ketones is 1. The van der Waals surface area contributed by atoms with E-state index in [0.717, 1.165) is 0 Å². The Kier molecular flexibility index (Phi) is 4.14. The molecule has 0 radical (unpaired) electrons. The maximum absolute atomic E-state index is 12.9. The number of Topliss-reactive ketones (excluding diaryl/α,β-unsaturated/α-hetero) is 1. The summed E-state index contributed by atoms with van der Waals surface area (Å²) in [4.78, 5) is 25.9. The summed E-state index contributed by atoms with van der Waals surface area (Å²) in [6.07, 6.45) is 1.17. The van der Waals surface area contributed by atoms with Crippen LogP contribution >= 0.6 is 0 Å². The van der Waals surface area contributed by atoms with E-state index < -0.39 is 11.8 Å². The molecule has 5 heteroatoms. The maximum Gasteiger partial charge on any atom is 0.237 e. The molecule has 1 aliphatic heterocycles. The van der Waals surface area contributed by atoms with Gasteiger partial charge >= 0.3 is 0 Å². The van der Waals surface area contributed by atoms with Crippen LogP contribution < -0.4 is 4.90 Å². The van der Waals surface area contributed by atoms with E-state index in [4.69, 9.17) is 5.26 Å². The van der Waals surface area contributed by atoms with Gasteiger partial charge in [-0.25, -0.2) is 4.39 Å². The molecular formula is C15H15FN2O2. The van der Waals surface area contributed by atoms with Gasteiger partial charge in [-0.2, -0.15) is 5.26 Å². The van der Waals surface area contributed by atoms with Crippen LogP contribution in [0.5, 0.6) is 0 Å². The first-order valence-corrected chi connectivity index (χ1v) is 6.55. The SMILES string of the molecule is C[C@H](C#N)C(=O)[C@H]1CCCN(c2ccc(F)cc2)C1=O. The predicted molar refractivity (Wildman–Crippen MR) is 71.3 cm³/mol. The summed E-state index contributed by atoms with van der Waals surface area (Å²) < 4.78 is 12.9. The molecule has 104 valence electrons. The third-order valence-corrected chi connectivity index (χ3v) is 3.54. The van der Waals surface area contributed by atoms with Crippen LogP contribution in [0.1, 0.15) is 19.8 Å². The minimum atomic E-state index is -0.780. The summed E-state index contributed by atoms with van der Waals surface area (Å²) in [6.45, 7) is 2.02. The minimum Gasteiger partial charge on any atom is -0.312 e. The summed E-state index contributed by atoms with van der Waals surface area (Å²) in [5.74, 6) is -2.54. The second-order valence-electron chi connectivity index (χ2n) is 4.91. The van der Waals surface area contributed by atoms with E-state index in [2.05, 4.69) is 0 Å². The highest BCUT2D eigenvalue weighted by Gasteiger charge is 2.36. The first kappa shape index (κ1) is 14.2. The van der Waals surface area contributed by atoms with Gasteiger partial charge in [-0.15, -0.1) is 0 Å². The van der Waals surface area contributed by atoms with Crippen molar-refractivity contribution in [3.8, 4) is 6.07 Å². The van der Waals surface area contributed by atoms with Gasteiger partial charge < -0.3 is 4.90 Å². The Balaban J connectivity index is 2.21. The lowest BCUT2D eigenvalue weighted by Crippen LogP contribution is -2.45. The van der Waals surface area contributed by atoms with E-state index in [1.54, 1.807) is 0 Å². The summed E-state index contributed by atoms with van der Waals surface area (Å²) in [6, 6.07) is 7.49. The zero-order valence-corrected chi connectivity index (χ0v) is 11.2. The van der Waals surface area contributed by atoms with Gasteiger partial charge in [-0.1, -0.05) is 0 Å². The summed E-state index contributed by atoms with van der Waals surface area (Å²) >= 11 is 0. The van der Waals surface area contributed by atoms with Crippen LogP contribution in [-0.4, -0.2) is 18.2 Å². The van der Waals surface area contributed by atoms with Crippen molar-refractivity contribution >= 4 is 17.4 Å². The third-order valence-electron chi connectivity index (χ3n) is 3.54. The van der Waals surface area contributed by atoms with Gasteiger partial charge in [0.2, 0.25) is 5.91 Å². The number of anilines is 1. The van der Waals surface area contributed by atoms with Gasteiger partial charge in [0.15, 0.2) is 5.78 Å². The van der Waals surface area contributed by atoms with Crippen molar-refractivity contribution in [1.82, 2.24) is 0 Å². The molecule has 0 aliphatic carbocycles. The molecule has 1 aliphatic rings. The number of nitriles is 1. The molecular weight excluding hydrogens is 259 g/mol. The average molecular weight is 274 g/mol. The molecule has 1 aromatic rings. The molecule has 0 bridgehead atoms. The largest absolute Gasteiger partial charge is 0.312 e. The van der Waals surface area contributed by atoms with E-state index >= 15 is 0 Å². The molecule has 2 atom stereocenters. The topological polar surface area (TPSA) is 61.2 Å². The van der Waals surface area contributed by atoms with E-state index in [-0.39, 0.29) is 17.5 Å². The van der Waals surface area contributed by atoms with Gasteiger partial charge in [0, 0.05) is 12.2 Å². The quantitative estimate of drug-likeness (QED) is 0.794. The number of halogens is 1. The first-order valence-electron chi connectivity index (χ1n) is 6.55. The lowest BCUT2D eigenvalue weighted by atomic mass is 9.87. The van der Waals surface area contributed by atoms with Gasteiger partial charge in [0.25, 0.3) is 0 Å². The third kappa shape index (κ3) is 2.69. The predicted octanol–water partition coefficient (Wildman–Crippen LogP) is 2.30.